The second kappa shape index (κ2) is 9.87. The molecule has 0 spiro atoms. The monoisotopic (exact) mass is 557 g/mol. The number of aromatic nitrogens is 2. The van der Waals surface area contributed by atoms with Gasteiger partial charge in [-0.25, -0.2) is 22.2 Å². The fraction of sp³-hybridized carbons (Fsp3) is 0.500. The lowest BCUT2D eigenvalue weighted by atomic mass is 9.83. The van der Waals surface area contributed by atoms with E-state index in [1.54, 1.807) is 0 Å². The van der Waals surface area contributed by atoms with Crippen LogP contribution in [-0.2, 0) is 27.6 Å². The first-order valence-corrected chi connectivity index (χ1v) is 11.1. The summed E-state index contributed by atoms with van der Waals surface area (Å²) in [4.78, 5) is 4.97. The van der Waals surface area contributed by atoms with Crippen molar-refractivity contribution in [2.45, 2.75) is 55.6 Å². The first-order valence-electron chi connectivity index (χ1n) is 9.66. The smallest absolute Gasteiger partial charge is 0.418 e. The lowest BCUT2D eigenvalue weighted by molar-refractivity contribution is -0.330. The molecule has 3 rings (SSSR count). The molecule has 0 aromatic carbocycles. The SMILES string of the molecule is COc1cc(OC(F)F)c(C(F)F)nc1NS(=O)(=O)c1c[nH]c2c1CC[C@@](OC(F)F)(C(F)(F)F)C2. The summed E-state index contributed by atoms with van der Waals surface area (Å²) in [5.41, 5.74) is -5.16. The van der Waals surface area contributed by atoms with Crippen LogP contribution < -0.4 is 14.2 Å². The zero-order valence-electron chi connectivity index (χ0n) is 17.8. The number of aromatic amines is 1. The molecule has 36 heavy (non-hydrogen) atoms. The highest BCUT2D eigenvalue weighted by atomic mass is 32.2. The van der Waals surface area contributed by atoms with Gasteiger partial charge in [-0.05, 0) is 18.4 Å². The molecule has 0 aliphatic heterocycles. The summed E-state index contributed by atoms with van der Waals surface area (Å²) in [5.74, 6) is -2.53. The molecule has 0 saturated heterocycles. The average molecular weight is 557 g/mol. The first kappa shape index (κ1) is 27.7. The highest BCUT2D eigenvalue weighted by molar-refractivity contribution is 7.92. The van der Waals surface area contributed by atoms with Gasteiger partial charge >= 0.3 is 19.4 Å². The molecule has 0 radical (unpaired) electrons. The highest BCUT2D eigenvalue weighted by Gasteiger charge is 2.59. The van der Waals surface area contributed by atoms with Crippen molar-refractivity contribution in [3.05, 3.63) is 29.2 Å². The van der Waals surface area contributed by atoms with Crippen LogP contribution in [0.2, 0.25) is 0 Å². The molecule has 8 nitrogen and oxygen atoms in total. The minimum atomic E-state index is -5.21. The lowest BCUT2D eigenvalue weighted by Gasteiger charge is -2.38. The van der Waals surface area contributed by atoms with Crippen molar-refractivity contribution < 1.29 is 62.1 Å². The molecule has 0 saturated carbocycles. The molecular weight excluding hydrogens is 541 g/mol. The van der Waals surface area contributed by atoms with Crippen LogP contribution in [0.5, 0.6) is 11.5 Å². The Morgan fingerprint density at radius 3 is 2.31 bits per heavy atom. The Hall–Kier alpha value is -2.89. The predicted octanol–water partition coefficient (Wildman–Crippen LogP) is 4.79. The number of pyridine rings is 1. The molecule has 2 aromatic rings. The maximum absolute atomic E-state index is 13.5. The number of sulfonamides is 1. The Labute approximate surface area is 196 Å². The van der Waals surface area contributed by atoms with Crippen LogP contribution in [0.1, 0.15) is 29.8 Å². The number of nitrogens with zero attached hydrogens (tertiary/aromatic N) is 1. The largest absolute Gasteiger partial charge is 0.493 e. The van der Waals surface area contributed by atoms with Gasteiger partial charge in [0.2, 0.25) is 0 Å². The van der Waals surface area contributed by atoms with Crippen molar-refractivity contribution >= 4 is 15.8 Å². The number of ether oxygens (including phenoxy) is 3. The van der Waals surface area contributed by atoms with Gasteiger partial charge in [0.15, 0.2) is 28.6 Å². The number of hydrogen-bond donors (Lipinski definition) is 2. The normalized spacial score (nSPS) is 18.6. The summed E-state index contributed by atoms with van der Waals surface area (Å²) in [6.45, 7) is -7.27. The van der Waals surface area contributed by atoms with Gasteiger partial charge in [0, 0.05) is 24.4 Å². The summed E-state index contributed by atoms with van der Waals surface area (Å²) in [6.07, 6.45) is -10.8. The van der Waals surface area contributed by atoms with E-state index in [1.807, 2.05) is 4.72 Å². The number of hydrogen-bond acceptors (Lipinski definition) is 6. The molecule has 0 bridgehead atoms. The molecular formula is C18H16F9N3O5S. The van der Waals surface area contributed by atoms with Gasteiger partial charge in [0.05, 0.1) is 7.11 Å². The minimum Gasteiger partial charge on any atom is -0.493 e. The predicted molar refractivity (Wildman–Crippen MR) is 102 cm³/mol. The Kier molecular flexibility index (Phi) is 7.59. The second-order valence-corrected chi connectivity index (χ2v) is 9.02. The van der Waals surface area contributed by atoms with E-state index in [9.17, 15) is 47.9 Å². The van der Waals surface area contributed by atoms with Crippen molar-refractivity contribution in [1.82, 2.24) is 9.97 Å². The van der Waals surface area contributed by atoms with Gasteiger partial charge in [-0.2, -0.15) is 30.7 Å². The van der Waals surface area contributed by atoms with Gasteiger partial charge in [0.1, 0.15) is 4.90 Å². The van der Waals surface area contributed by atoms with E-state index < -0.39 is 88.6 Å². The van der Waals surface area contributed by atoms with E-state index in [4.69, 9.17) is 4.74 Å². The number of alkyl halides is 9. The molecule has 1 aliphatic rings. The molecule has 18 heteroatoms. The van der Waals surface area contributed by atoms with E-state index in [-0.39, 0.29) is 11.3 Å². The van der Waals surface area contributed by atoms with Gasteiger partial charge in [-0.15, -0.1) is 0 Å². The molecule has 2 aromatic heterocycles. The van der Waals surface area contributed by atoms with Gasteiger partial charge in [0.25, 0.3) is 16.4 Å². The summed E-state index contributed by atoms with van der Waals surface area (Å²) in [5, 5.41) is 0. The fourth-order valence-corrected chi connectivity index (χ4v) is 4.95. The standard InChI is InChI=1S/C18H16F9N3O5S/c1-33-10-4-9(34-15(21)22)12(13(19)20)29-14(10)30-36(31,32)11-6-28-8-5-17(18(25,26)27,35-16(23)24)3-2-7(8)11/h4,6,13,15-16,28H,2-3,5H2,1H3,(H,29,30)/t17-/m0/s1. The molecule has 0 unspecified atom stereocenters. The molecule has 2 N–H and O–H groups in total. The summed E-state index contributed by atoms with van der Waals surface area (Å²) >= 11 is 0. The van der Waals surface area contributed by atoms with Crippen molar-refractivity contribution in [1.29, 1.82) is 0 Å². The van der Waals surface area contributed by atoms with Crippen LogP contribution in [0.4, 0.5) is 45.3 Å². The number of methoxy groups -OCH3 is 1. The number of nitrogens with one attached hydrogen (secondary N) is 2. The Bertz CT molecular complexity index is 1200. The zero-order chi connectivity index (χ0) is 27.1. The van der Waals surface area contributed by atoms with Crippen LogP contribution in [0, 0.1) is 0 Å². The van der Waals surface area contributed by atoms with E-state index in [2.05, 4.69) is 19.4 Å². The Morgan fingerprint density at radius 1 is 1.11 bits per heavy atom. The van der Waals surface area contributed by atoms with Crippen LogP contribution in [-0.4, -0.2) is 50.5 Å². The molecule has 1 aliphatic carbocycles. The number of halogens is 9. The van der Waals surface area contributed by atoms with E-state index in [0.717, 1.165) is 13.3 Å². The Morgan fingerprint density at radius 2 is 1.78 bits per heavy atom. The fourth-order valence-electron chi connectivity index (χ4n) is 3.68. The van der Waals surface area contributed by atoms with Crippen molar-refractivity contribution in [2.75, 3.05) is 11.8 Å². The maximum atomic E-state index is 13.5. The van der Waals surface area contributed by atoms with E-state index in [0.29, 0.717) is 6.07 Å². The number of anilines is 1. The average Bonchev–Trinajstić information content (AvgIpc) is 3.16. The van der Waals surface area contributed by atoms with Gasteiger partial charge in [-0.3, -0.25) is 4.72 Å². The number of rotatable bonds is 9. The summed E-state index contributed by atoms with van der Waals surface area (Å²) in [7, 11) is -3.80. The highest BCUT2D eigenvalue weighted by Crippen LogP contribution is 2.46. The van der Waals surface area contributed by atoms with Crippen LogP contribution >= 0.6 is 0 Å². The summed E-state index contributed by atoms with van der Waals surface area (Å²) < 4.78 is 158. The Balaban J connectivity index is 1.98. The third kappa shape index (κ3) is 5.42. The molecule has 202 valence electrons. The van der Waals surface area contributed by atoms with Gasteiger partial charge in [-0.1, -0.05) is 0 Å². The van der Waals surface area contributed by atoms with Crippen LogP contribution in [0.25, 0.3) is 0 Å². The molecule has 2 heterocycles. The topological polar surface area (TPSA) is 103 Å². The van der Waals surface area contributed by atoms with E-state index >= 15 is 0 Å². The summed E-state index contributed by atoms with van der Waals surface area (Å²) in [6, 6.07) is 0.546. The molecule has 0 fully saturated rings. The molecule has 0 amide bonds. The van der Waals surface area contributed by atoms with Gasteiger partial charge < -0.3 is 19.2 Å². The van der Waals surface area contributed by atoms with E-state index in [1.165, 1.54) is 0 Å². The lowest BCUT2D eigenvalue weighted by Crippen LogP contribution is -2.52. The van der Waals surface area contributed by atoms with Crippen LogP contribution in [0.15, 0.2) is 17.2 Å². The maximum Gasteiger partial charge on any atom is 0.418 e. The van der Waals surface area contributed by atoms with Crippen molar-refractivity contribution in [2.24, 2.45) is 0 Å². The third-order valence-electron chi connectivity index (χ3n) is 5.26. The van der Waals surface area contributed by atoms with Crippen LogP contribution in [0.3, 0.4) is 0 Å². The molecule has 1 atom stereocenters. The third-order valence-corrected chi connectivity index (χ3v) is 6.66. The van der Waals surface area contributed by atoms with Crippen molar-refractivity contribution in [3.8, 4) is 11.5 Å². The van der Waals surface area contributed by atoms with Crippen molar-refractivity contribution in [3.63, 3.8) is 0 Å². The minimum absolute atomic E-state index is 0.189. The number of H-pyrrole nitrogens is 1. The zero-order valence-corrected chi connectivity index (χ0v) is 18.6. The quantitative estimate of drug-likeness (QED) is 0.430. The number of fused-ring (bicyclic) bond motifs is 1. The first-order chi connectivity index (χ1) is 16.6. The second-order valence-electron chi connectivity index (χ2n) is 7.36.